The molecular formula is C24H31NO2. The molecule has 3 nitrogen and oxygen atoms in total. The average molecular weight is 366 g/mol. The topological polar surface area (TPSA) is 35.8 Å². The average Bonchev–Trinajstić information content (AvgIpc) is 3.34. The van der Waals surface area contributed by atoms with Crippen molar-refractivity contribution >= 4 is 0 Å². The van der Waals surface area contributed by atoms with Crippen molar-refractivity contribution in [1.82, 2.24) is 5.06 Å². The quantitative estimate of drug-likeness (QED) is 0.748. The minimum absolute atomic E-state index is 0.00920. The molecule has 2 fully saturated rings. The van der Waals surface area contributed by atoms with Crippen molar-refractivity contribution in [3.63, 3.8) is 0 Å². The molecule has 1 saturated carbocycles. The molecule has 2 aliphatic rings. The fourth-order valence-corrected chi connectivity index (χ4v) is 4.75. The number of hydroxylamine groups is 2. The zero-order valence-corrected chi connectivity index (χ0v) is 16.9. The first-order chi connectivity index (χ1) is 12.7. The van der Waals surface area contributed by atoms with Gasteiger partial charge in [-0.1, -0.05) is 81.4 Å². The van der Waals surface area contributed by atoms with Gasteiger partial charge in [0.2, 0.25) is 0 Å². The second-order valence-corrected chi connectivity index (χ2v) is 9.50. The van der Waals surface area contributed by atoms with Crippen LogP contribution in [0.4, 0.5) is 0 Å². The van der Waals surface area contributed by atoms with E-state index in [4.69, 9.17) is 4.84 Å². The third-order valence-corrected chi connectivity index (χ3v) is 6.58. The van der Waals surface area contributed by atoms with Gasteiger partial charge in [0, 0.05) is 0 Å². The maximum Gasteiger partial charge on any atom is 0.194 e. The summed E-state index contributed by atoms with van der Waals surface area (Å²) in [6.07, 6.45) is 2.70. The lowest BCUT2D eigenvalue weighted by Gasteiger charge is -2.44. The van der Waals surface area contributed by atoms with Gasteiger partial charge in [-0.15, -0.1) is 5.06 Å². The predicted octanol–water partition coefficient (Wildman–Crippen LogP) is 5.32. The Morgan fingerprint density at radius 3 is 1.96 bits per heavy atom. The molecule has 144 valence electrons. The number of hydrogen-bond acceptors (Lipinski definition) is 3. The molecule has 1 saturated heterocycles. The summed E-state index contributed by atoms with van der Waals surface area (Å²) in [5.74, 6) is 0.496. The summed E-state index contributed by atoms with van der Waals surface area (Å²) in [4.78, 5) is 6.28. The fourth-order valence-electron chi connectivity index (χ4n) is 4.75. The number of benzene rings is 2. The van der Waals surface area contributed by atoms with Gasteiger partial charge in [-0.2, -0.15) is 0 Å². The molecular weight excluding hydrogens is 334 g/mol. The van der Waals surface area contributed by atoms with Gasteiger partial charge < -0.3 is 5.11 Å². The number of aliphatic hydroxyl groups is 1. The zero-order chi connectivity index (χ0) is 19.3. The van der Waals surface area contributed by atoms with Gasteiger partial charge in [-0.3, -0.25) is 4.84 Å². The van der Waals surface area contributed by atoms with E-state index in [1.807, 2.05) is 19.1 Å². The predicted molar refractivity (Wildman–Crippen MR) is 108 cm³/mol. The van der Waals surface area contributed by atoms with Crippen LogP contribution in [0, 0.1) is 11.3 Å². The monoisotopic (exact) mass is 365 g/mol. The summed E-state index contributed by atoms with van der Waals surface area (Å²) in [5, 5.41) is 13.5. The summed E-state index contributed by atoms with van der Waals surface area (Å²) in [6, 6.07) is 20.9. The van der Waals surface area contributed by atoms with Crippen LogP contribution < -0.4 is 0 Å². The molecule has 2 aromatic rings. The molecule has 27 heavy (non-hydrogen) atoms. The molecule has 1 heterocycles. The van der Waals surface area contributed by atoms with Gasteiger partial charge in [-0.25, -0.2) is 0 Å². The summed E-state index contributed by atoms with van der Waals surface area (Å²) < 4.78 is 0. The lowest BCUT2D eigenvalue weighted by molar-refractivity contribution is -0.0872. The lowest BCUT2D eigenvalue weighted by atomic mass is 9.65. The van der Waals surface area contributed by atoms with Crippen LogP contribution in [-0.2, 0) is 4.84 Å². The van der Waals surface area contributed by atoms with Gasteiger partial charge in [0.15, 0.2) is 5.72 Å². The maximum absolute atomic E-state index is 11.4. The Hall–Kier alpha value is -1.68. The Kier molecular flexibility index (Phi) is 4.45. The Bertz CT molecular complexity index is 742. The number of hydrogen-bond donors (Lipinski definition) is 1. The maximum atomic E-state index is 11.4. The van der Waals surface area contributed by atoms with Crippen molar-refractivity contribution in [3.8, 4) is 0 Å². The smallest absolute Gasteiger partial charge is 0.194 e. The largest absolute Gasteiger partial charge is 0.386 e. The Balaban J connectivity index is 1.67. The molecule has 0 radical (unpaired) electrons. The highest BCUT2D eigenvalue weighted by atomic mass is 16.9. The van der Waals surface area contributed by atoms with Gasteiger partial charge in [0.25, 0.3) is 0 Å². The first-order valence-corrected chi connectivity index (χ1v) is 10.1. The van der Waals surface area contributed by atoms with E-state index in [2.05, 4.69) is 74.4 Å². The van der Waals surface area contributed by atoms with Crippen LogP contribution in [0.3, 0.4) is 0 Å². The first kappa shape index (κ1) is 18.7. The molecule has 1 aliphatic carbocycles. The third-order valence-electron chi connectivity index (χ3n) is 6.58. The van der Waals surface area contributed by atoms with Crippen LogP contribution in [0.2, 0.25) is 0 Å². The van der Waals surface area contributed by atoms with Crippen LogP contribution >= 0.6 is 0 Å². The standard InChI is InChI=1S/C24H31NO2/c1-22(2,3)20-15-16-24(23(4,26)17-20)25(27-24)21(18-11-7-5-8-12-18)19-13-9-6-10-14-19/h5-14,20-21,26H,15-17H2,1-4H3/t20-,23+,24-,25?/m0/s1. The molecule has 1 N–H and O–H groups in total. The molecule has 4 rings (SSSR count). The van der Waals surface area contributed by atoms with E-state index in [9.17, 15) is 5.11 Å². The summed E-state index contributed by atoms with van der Waals surface area (Å²) in [6.45, 7) is 8.77. The Morgan fingerprint density at radius 2 is 1.52 bits per heavy atom. The normalized spacial score (nSPS) is 33.4. The van der Waals surface area contributed by atoms with Crippen molar-refractivity contribution in [2.45, 2.75) is 64.3 Å². The summed E-state index contributed by atoms with van der Waals surface area (Å²) in [7, 11) is 0. The van der Waals surface area contributed by atoms with Crippen molar-refractivity contribution in [2.24, 2.45) is 11.3 Å². The van der Waals surface area contributed by atoms with E-state index in [0.29, 0.717) is 5.92 Å². The molecule has 4 atom stereocenters. The van der Waals surface area contributed by atoms with Crippen LogP contribution in [-0.4, -0.2) is 21.5 Å². The van der Waals surface area contributed by atoms with Crippen molar-refractivity contribution in [1.29, 1.82) is 0 Å². The molecule has 1 aliphatic heterocycles. The number of nitrogens with zero attached hydrogens (tertiary/aromatic N) is 1. The van der Waals surface area contributed by atoms with Gasteiger partial charge in [-0.05, 0) is 48.6 Å². The Morgan fingerprint density at radius 1 is 1.00 bits per heavy atom. The van der Waals surface area contributed by atoms with E-state index in [1.165, 1.54) is 11.1 Å². The van der Waals surface area contributed by atoms with E-state index >= 15 is 0 Å². The molecule has 0 bridgehead atoms. The minimum atomic E-state index is -0.870. The van der Waals surface area contributed by atoms with E-state index < -0.39 is 11.3 Å². The van der Waals surface area contributed by atoms with Crippen LogP contribution in [0.25, 0.3) is 0 Å². The van der Waals surface area contributed by atoms with Crippen molar-refractivity contribution < 1.29 is 9.94 Å². The van der Waals surface area contributed by atoms with Crippen molar-refractivity contribution in [3.05, 3.63) is 71.8 Å². The fraction of sp³-hybridized carbons (Fsp3) is 0.500. The second kappa shape index (κ2) is 6.44. The molecule has 1 unspecified atom stereocenters. The summed E-state index contributed by atoms with van der Waals surface area (Å²) >= 11 is 0. The molecule has 1 spiro atoms. The van der Waals surface area contributed by atoms with Crippen molar-refractivity contribution in [2.75, 3.05) is 0 Å². The zero-order valence-electron chi connectivity index (χ0n) is 16.9. The number of rotatable bonds is 3. The first-order valence-electron chi connectivity index (χ1n) is 10.1. The highest BCUT2D eigenvalue weighted by Crippen LogP contribution is 2.60. The SMILES string of the molecule is CC(C)(C)[C@H]1CC[C@]2(ON2C(c2ccccc2)c2ccccc2)[C@](C)(O)C1. The molecule has 0 amide bonds. The van der Waals surface area contributed by atoms with E-state index in [1.54, 1.807) is 0 Å². The Labute approximate surface area is 162 Å². The highest BCUT2D eigenvalue weighted by molar-refractivity contribution is 5.33. The second-order valence-electron chi connectivity index (χ2n) is 9.50. The third kappa shape index (κ3) is 3.22. The van der Waals surface area contributed by atoms with Crippen LogP contribution in [0.5, 0.6) is 0 Å². The van der Waals surface area contributed by atoms with E-state index in [-0.39, 0.29) is 11.5 Å². The van der Waals surface area contributed by atoms with E-state index in [0.717, 1.165) is 19.3 Å². The van der Waals surface area contributed by atoms with Crippen LogP contribution in [0.15, 0.2) is 60.7 Å². The van der Waals surface area contributed by atoms with Gasteiger partial charge >= 0.3 is 0 Å². The molecule has 3 heteroatoms. The highest BCUT2D eigenvalue weighted by Gasteiger charge is 2.70. The summed E-state index contributed by atoms with van der Waals surface area (Å²) in [5.41, 5.74) is 1.11. The molecule has 0 aromatic heterocycles. The van der Waals surface area contributed by atoms with Crippen LogP contribution in [0.1, 0.15) is 64.1 Å². The lowest BCUT2D eigenvalue weighted by Crippen LogP contribution is -2.52. The van der Waals surface area contributed by atoms with Gasteiger partial charge in [0.1, 0.15) is 5.60 Å². The minimum Gasteiger partial charge on any atom is -0.386 e. The molecule has 2 aromatic carbocycles. The van der Waals surface area contributed by atoms with Gasteiger partial charge in [0.05, 0.1) is 6.04 Å².